The van der Waals surface area contributed by atoms with Crippen LogP contribution in [-0.2, 0) is 4.79 Å². The first-order valence-corrected chi connectivity index (χ1v) is 6.68. The van der Waals surface area contributed by atoms with Gasteiger partial charge in [0.05, 0.1) is 0 Å². The molecule has 2 fully saturated rings. The van der Waals surface area contributed by atoms with Crippen LogP contribution in [0.4, 0.5) is 0 Å². The first-order valence-electron chi connectivity index (χ1n) is 6.68. The zero-order valence-corrected chi connectivity index (χ0v) is 10.2. The molecule has 2 saturated carbocycles. The lowest BCUT2D eigenvalue weighted by Crippen LogP contribution is -2.37. The molecule has 0 bridgehead atoms. The van der Waals surface area contributed by atoms with Gasteiger partial charge in [0.1, 0.15) is 5.78 Å². The van der Waals surface area contributed by atoms with Crippen molar-refractivity contribution in [2.45, 2.75) is 65.2 Å². The summed E-state index contributed by atoms with van der Waals surface area (Å²) in [6.45, 7) is 4.52. The molecule has 0 unspecified atom stereocenters. The third-order valence-corrected chi connectivity index (χ3v) is 4.36. The van der Waals surface area contributed by atoms with Gasteiger partial charge in [0.25, 0.3) is 0 Å². The summed E-state index contributed by atoms with van der Waals surface area (Å²) in [4.78, 5) is 12.5. The van der Waals surface area contributed by atoms with Gasteiger partial charge in [-0.2, -0.15) is 0 Å². The van der Waals surface area contributed by atoms with Crippen molar-refractivity contribution in [1.82, 2.24) is 0 Å². The fourth-order valence-corrected chi connectivity index (χ4v) is 3.49. The van der Waals surface area contributed by atoms with Crippen molar-refractivity contribution in [2.24, 2.45) is 17.3 Å². The molecule has 0 N–H and O–H groups in total. The van der Waals surface area contributed by atoms with E-state index < -0.39 is 0 Å². The molecule has 0 radical (unpaired) electrons. The molecule has 0 aromatic carbocycles. The van der Waals surface area contributed by atoms with Crippen LogP contribution in [0.25, 0.3) is 0 Å². The molecule has 0 amide bonds. The highest BCUT2D eigenvalue weighted by Gasteiger charge is 2.45. The van der Waals surface area contributed by atoms with E-state index in [2.05, 4.69) is 13.8 Å². The molecule has 2 rings (SSSR count). The van der Waals surface area contributed by atoms with Gasteiger partial charge < -0.3 is 0 Å². The number of carbonyl (C=O) groups excluding carboxylic acids is 1. The number of carbonyl (C=O) groups is 1. The Morgan fingerprint density at radius 3 is 2.20 bits per heavy atom. The maximum atomic E-state index is 12.5. The Morgan fingerprint density at radius 1 is 1.20 bits per heavy atom. The minimum Gasteiger partial charge on any atom is -0.299 e. The minimum absolute atomic E-state index is 0.110. The van der Waals surface area contributed by atoms with Gasteiger partial charge in [-0.3, -0.25) is 4.79 Å². The largest absolute Gasteiger partial charge is 0.299 e. The first-order chi connectivity index (χ1) is 7.14. The average Bonchev–Trinajstić information content (AvgIpc) is 2.49. The summed E-state index contributed by atoms with van der Waals surface area (Å²) in [5, 5.41) is 0. The highest BCUT2D eigenvalue weighted by atomic mass is 16.1. The maximum Gasteiger partial charge on any atom is 0.142 e. The molecule has 0 saturated heterocycles. The molecular weight excluding hydrogens is 184 g/mol. The molecule has 0 heterocycles. The van der Waals surface area contributed by atoms with E-state index in [1.807, 2.05) is 0 Å². The van der Waals surface area contributed by atoms with E-state index in [0.717, 1.165) is 6.42 Å². The van der Waals surface area contributed by atoms with Gasteiger partial charge in [-0.05, 0) is 38.0 Å². The molecule has 0 aromatic rings. The lowest BCUT2D eigenvalue weighted by Gasteiger charge is -2.36. The number of hydrogen-bond acceptors (Lipinski definition) is 1. The summed E-state index contributed by atoms with van der Waals surface area (Å²) in [5.41, 5.74) is 0.110. The second-order valence-corrected chi connectivity index (χ2v) is 6.08. The highest BCUT2D eigenvalue weighted by molar-refractivity contribution is 5.87. The fourth-order valence-electron chi connectivity index (χ4n) is 3.49. The number of Topliss-reactive ketones (excluding diaryl/α,β-unsaturated/α-hetero) is 1. The molecular formula is C14H24O. The Labute approximate surface area is 93.6 Å². The normalized spacial score (nSPS) is 25.5. The smallest absolute Gasteiger partial charge is 0.142 e. The van der Waals surface area contributed by atoms with E-state index in [-0.39, 0.29) is 5.41 Å². The Hall–Kier alpha value is -0.330. The van der Waals surface area contributed by atoms with Gasteiger partial charge >= 0.3 is 0 Å². The van der Waals surface area contributed by atoms with Gasteiger partial charge in [-0.1, -0.05) is 33.1 Å². The molecule has 0 spiro atoms. The van der Waals surface area contributed by atoms with Gasteiger partial charge in [0.15, 0.2) is 0 Å². The molecule has 1 heteroatoms. The van der Waals surface area contributed by atoms with E-state index in [1.165, 1.54) is 44.9 Å². The van der Waals surface area contributed by atoms with E-state index >= 15 is 0 Å². The van der Waals surface area contributed by atoms with Crippen molar-refractivity contribution in [2.75, 3.05) is 0 Å². The van der Waals surface area contributed by atoms with Crippen LogP contribution in [0.5, 0.6) is 0 Å². The number of hydrogen-bond donors (Lipinski definition) is 0. The lowest BCUT2D eigenvalue weighted by molar-refractivity contribution is -0.136. The zero-order valence-electron chi connectivity index (χ0n) is 10.2. The Kier molecular flexibility index (Phi) is 3.18. The third-order valence-electron chi connectivity index (χ3n) is 4.36. The monoisotopic (exact) mass is 208 g/mol. The summed E-state index contributed by atoms with van der Waals surface area (Å²) in [5.74, 6) is 1.76. The zero-order chi connectivity index (χ0) is 10.9. The molecule has 2 aliphatic carbocycles. The van der Waals surface area contributed by atoms with Gasteiger partial charge in [0.2, 0.25) is 0 Å². The minimum atomic E-state index is 0.110. The topological polar surface area (TPSA) is 17.1 Å². The third kappa shape index (κ3) is 2.11. The maximum absolute atomic E-state index is 12.5. The Balaban J connectivity index is 2.06. The van der Waals surface area contributed by atoms with Crippen molar-refractivity contribution in [1.29, 1.82) is 0 Å². The van der Waals surface area contributed by atoms with E-state index in [9.17, 15) is 4.79 Å². The summed E-state index contributed by atoms with van der Waals surface area (Å²) >= 11 is 0. The van der Waals surface area contributed by atoms with Crippen LogP contribution in [0, 0.1) is 17.3 Å². The van der Waals surface area contributed by atoms with Crippen molar-refractivity contribution in [3.63, 3.8) is 0 Å². The van der Waals surface area contributed by atoms with Crippen LogP contribution in [0.1, 0.15) is 65.2 Å². The van der Waals surface area contributed by atoms with Gasteiger partial charge in [0, 0.05) is 11.3 Å². The quantitative estimate of drug-likeness (QED) is 0.683. The standard InChI is InChI=1S/C14H24O/c1-11(2)10-14(8-3-4-9-14)13(15)12-6-5-7-12/h11-12H,3-10H2,1-2H3. The summed E-state index contributed by atoms with van der Waals surface area (Å²) in [7, 11) is 0. The van der Waals surface area contributed by atoms with Gasteiger partial charge in [-0.15, -0.1) is 0 Å². The molecule has 86 valence electrons. The Bertz CT molecular complexity index is 232. The molecule has 0 aliphatic heterocycles. The van der Waals surface area contributed by atoms with E-state index in [0.29, 0.717) is 17.6 Å². The SMILES string of the molecule is CC(C)CC1(C(=O)C2CCC2)CCCC1. The summed E-state index contributed by atoms with van der Waals surface area (Å²) < 4.78 is 0. The highest BCUT2D eigenvalue weighted by Crippen LogP contribution is 2.48. The predicted molar refractivity (Wildman–Crippen MR) is 62.7 cm³/mol. The summed E-state index contributed by atoms with van der Waals surface area (Å²) in [6.07, 6.45) is 9.71. The van der Waals surface area contributed by atoms with Crippen molar-refractivity contribution in [3.05, 3.63) is 0 Å². The van der Waals surface area contributed by atoms with Crippen molar-refractivity contribution < 1.29 is 4.79 Å². The first kappa shape index (κ1) is 11.2. The number of ketones is 1. The molecule has 0 aromatic heterocycles. The van der Waals surface area contributed by atoms with Crippen LogP contribution in [0.3, 0.4) is 0 Å². The van der Waals surface area contributed by atoms with E-state index in [4.69, 9.17) is 0 Å². The molecule has 0 atom stereocenters. The second-order valence-electron chi connectivity index (χ2n) is 6.08. The summed E-state index contributed by atoms with van der Waals surface area (Å²) in [6, 6.07) is 0. The fraction of sp³-hybridized carbons (Fsp3) is 0.929. The molecule has 15 heavy (non-hydrogen) atoms. The Morgan fingerprint density at radius 2 is 1.80 bits per heavy atom. The van der Waals surface area contributed by atoms with Crippen LogP contribution >= 0.6 is 0 Å². The predicted octanol–water partition coefficient (Wildman–Crippen LogP) is 3.96. The molecule has 2 aliphatic rings. The van der Waals surface area contributed by atoms with Crippen LogP contribution < -0.4 is 0 Å². The second kappa shape index (κ2) is 4.27. The van der Waals surface area contributed by atoms with Crippen LogP contribution in [0.15, 0.2) is 0 Å². The van der Waals surface area contributed by atoms with E-state index in [1.54, 1.807) is 0 Å². The number of rotatable bonds is 4. The lowest BCUT2D eigenvalue weighted by atomic mass is 9.66. The average molecular weight is 208 g/mol. The van der Waals surface area contributed by atoms with Crippen LogP contribution in [-0.4, -0.2) is 5.78 Å². The van der Waals surface area contributed by atoms with Crippen LogP contribution in [0.2, 0.25) is 0 Å². The van der Waals surface area contributed by atoms with Gasteiger partial charge in [-0.25, -0.2) is 0 Å². The van der Waals surface area contributed by atoms with Crippen molar-refractivity contribution >= 4 is 5.78 Å². The van der Waals surface area contributed by atoms with Crippen molar-refractivity contribution in [3.8, 4) is 0 Å². The molecule has 1 nitrogen and oxygen atoms in total.